The molecule has 0 unspecified atom stereocenters. The van der Waals surface area contributed by atoms with E-state index in [9.17, 15) is 9.59 Å². The van der Waals surface area contributed by atoms with Crippen molar-refractivity contribution in [1.29, 1.82) is 0 Å². The van der Waals surface area contributed by atoms with Crippen LogP contribution in [0.2, 0.25) is 0 Å². The van der Waals surface area contributed by atoms with Crippen molar-refractivity contribution in [2.24, 2.45) is 0 Å². The van der Waals surface area contributed by atoms with Crippen molar-refractivity contribution < 1.29 is 4.74 Å². The Hall–Kier alpha value is -5.16. The van der Waals surface area contributed by atoms with Crippen LogP contribution in [0.3, 0.4) is 0 Å². The molecule has 1 N–H and O–H groups in total. The second-order valence-electron chi connectivity index (χ2n) is 10.6. The predicted molar refractivity (Wildman–Crippen MR) is 169 cm³/mol. The third-order valence-corrected chi connectivity index (χ3v) is 7.78. The minimum absolute atomic E-state index is 0.141. The standard InChI is InChI=1S/C33H34N8O3/c1-3-4-6-15-28-34-31-29(32(42)39(20-21-44-2)33(43)41(31)25-11-7-5-8-12-25)40(28)22-23-16-18-24(19-17-23)26-13-9-10-14-27(26)30-35-37-38-36-30/h5,7-14,16-19H,3-4,6,15,20-22H2,1-2H3,(H,35,36,37,38). The Morgan fingerprint density at radius 3 is 2.32 bits per heavy atom. The van der Waals surface area contributed by atoms with E-state index in [1.54, 1.807) is 11.7 Å². The second-order valence-corrected chi connectivity index (χ2v) is 10.6. The maximum atomic E-state index is 14.0. The van der Waals surface area contributed by atoms with Crippen LogP contribution >= 0.6 is 0 Å². The Labute approximate surface area is 253 Å². The van der Waals surface area contributed by atoms with Crippen molar-refractivity contribution in [3.05, 3.63) is 111 Å². The fourth-order valence-electron chi connectivity index (χ4n) is 5.55. The van der Waals surface area contributed by atoms with Gasteiger partial charge in [0.1, 0.15) is 5.82 Å². The number of imidazole rings is 1. The number of methoxy groups -OCH3 is 1. The highest BCUT2D eigenvalue weighted by atomic mass is 16.5. The van der Waals surface area contributed by atoms with Gasteiger partial charge in [-0.15, -0.1) is 5.10 Å². The lowest BCUT2D eigenvalue weighted by atomic mass is 9.98. The van der Waals surface area contributed by atoms with E-state index in [4.69, 9.17) is 9.72 Å². The zero-order valence-electron chi connectivity index (χ0n) is 24.8. The number of nitrogens with zero attached hydrogens (tertiary/aromatic N) is 7. The molecule has 0 bridgehead atoms. The molecule has 3 heterocycles. The third kappa shape index (κ3) is 5.61. The summed E-state index contributed by atoms with van der Waals surface area (Å²) in [6, 6.07) is 25.5. The fourth-order valence-corrected chi connectivity index (χ4v) is 5.55. The molecule has 0 atom stereocenters. The van der Waals surface area contributed by atoms with Gasteiger partial charge >= 0.3 is 5.69 Å². The number of hydrogen-bond acceptors (Lipinski definition) is 7. The predicted octanol–water partition coefficient (Wildman–Crippen LogP) is 4.62. The highest BCUT2D eigenvalue weighted by Gasteiger charge is 2.22. The van der Waals surface area contributed by atoms with E-state index in [-0.39, 0.29) is 18.7 Å². The Morgan fingerprint density at radius 2 is 1.61 bits per heavy atom. The van der Waals surface area contributed by atoms with Gasteiger partial charge in [0.15, 0.2) is 17.0 Å². The van der Waals surface area contributed by atoms with Gasteiger partial charge in [0.25, 0.3) is 5.56 Å². The molecular formula is C33H34N8O3. The number of unbranched alkanes of at least 4 members (excludes halogenated alkanes) is 2. The van der Waals surface area contributed by atoms with Crippen molar-refractivity contribution in [2.45, 2.75) is 45.7 Å². The van der Waals surface area contributed by atoms with Crippen LogP contribution in [0.15, 0.2) is 88.5 Å². The van der Waals surface area contributed by atoms with Crippen LogP contribution in [0.25, 0.3) is 39.4 Å². The number of tetrazole rings is 1. The Morgan fingerprint density at radius 1 is 0.864 bits per heavy atom. The van der Waals surface area contributed by atoms with Crippen molar-refractivity contribution in [3.63, 3.8) is 0 Å². The molecule has 44 heavy (non-hydrogen) atoms. The van der Waals surface area contributed by atoms with Crippen molar-refractivity contribution in [3.8, 4) is 28.2 Å². The van der Waals surface area contributed by atoms with Crippen LogP contribution in [0.4, 0.5) is 0 Å². The Balaban J connectivity index is 1.47. The first-order valence-electron chi connectivity index (χ1n) is 14.8. The average molecular weight is 591 g/mol. The van der Waals surface area contributed by atoms with E-state index in [1.165, 1.54) is 4.57 Å². The van der Waals surface area contributed by atoms with Crippen LogP contribution < -0.4 is 11.2 Å². The van der Waals surface area contributed by atoms with E-state index < -0.39 is 5.69 Å². The smallest absolute Gasteiger partial charge is 0.337 e. The summed E-state index contributed by atoms with van der Waals surface area (Å²) < 4.78 is 10.0. The molecule has 6 rings (SSSR count). The average Bonchev–Trinajstić information content (AvgIpc) is 3.71. The summed E-state index contributed by atoms with van der Waals surface area (Å²) in [4.78, 5) is 32.7. The fraction of sp³-hybridized carbons (Fsp3) is 0.273. The number of fused-ring (bicyclic) bond motifs is 1. The highest BCUT2D eigenvalue weighted by molar-refractivity contribution is 5.80. The number of nitrogens with one attached hydrogen (secondary N) is 1. The van der Waals surface area contributed by atoms with Gasteiger partial charge < -0.3 is 9.30 Å². The molecule has 0 aliphatic heterocycles. The normalized spacial score (nSPS) is 11.4. The van der Waals surface area contributed by atoms with Gasteiger partial charge in [-0.2, -0.15) is 0 Å². The monoisotopic (exact) mass is 590 g/mol. The molecule has 0 fully saturated rings. The minimum atomic E-state index is -0.430. The van der Waals surface area contributed by atoms with E-state index in [0.717, 1.165) is 47.3 Å². The zero-order chi connectivity index (χ0) is 30.5. The summed E-state index contributed by atoms with van der Waals surface area (Å²) in [5, 5.41) is 14.4. The number of hydrogen-bond donors (Lipinski definition) is 1. The molecule has 224 valence electrons. The molecule has 0 saturated carbocycles. The molecule has 6 aromatic rings. The molecule has 0 saturated heterocycles. The number of para-hydroxylation sites is 1. The molecule has 0 amide bonds. The number of benzene rings is 3. The second kappa shape index (κ2) is 13.0. The summed E-state index contributed by atoms with van der Waals surface area (Å²) in [5.41, 5.74) is 4.56. The quantitative estimate of drug-likeness (QED) is 0.206. The Kier molecular flexibility index (Phi) is 8.55. The highest BCUT2D eigenvalue weighted by Crippen LogP contribution is 2.30. The van der Waals surface area contributed by atoms with Gasteiger partial charge in [-0.3, -0.25) is 9.36 Å². The van der Waals surface area contributed by atoms with Gasteiger partial charge in [-0.1, -0.05) is 86.5 Å². The first-order valence-corrected chi connectivity index (χ1v) is 14.8. The molecular weight excluding hydrogens is 556 g/mol. The molecule has 3 aromatic heterocycles. The van der Waals surface area contributed by atoms with E-state index >= 15 is 0 Å². The van der Waals surface area contributed by atoms with Crippen molar-refractivity contribution in [2.75, 3.05) is 13.7 Å². The maximum Gasteiger partial charge on any atom is 0.337 e. The lowest BCUT2D eigenvalue weighted by Gasteiger charge is -2.14. The van der Waals surface area contributed by atoms with Gasteiger partial charge in [-0.25, -0.2) is 19.4 Å². The number of rotatable bonds is 12. The number of ether oxygens (including phenoxy) is 1. The number of H-pyrrole nitrogens is 1. The van der Waals surface area contributed by atoms with Gasteiger partial charge in [0.2, 0.25) is 0 Å². The van der Waals surface area contributed by atoms with Crippen LogP contribution in [0.1, 0.15) is 37.6 Å². The molecule has 0 aliphatic rings. The molecule has 0 radical (unpaired) electrons. The molecule has 0 aliphatic carbocycles. The number of aromatic amines is 1. The van der Waals surface area contributed by atoms with Gasteiger partial charge in [-0.05, 0) is 45.7 Å². The third-order valence-electron chi connectivity index (χ3n) is 7.78. The molecule has 11 nitrogen and oxygen atoms in total. The number of aromatic nitrogens is 8. The van der Waals surface area contributed by atoms with Crippen molar-refractivity contribution >= 4 is 11.2 Å². The van der Waals surface area contributed by atoms with Gasteiger partial charge in [0, 0.05) is 25.6 Å². The zero-order valence-corrected chi connectivity index (χ0v) is 24.8. The topological polar surface area (TPSA) is 126 Å². The summed E-state index contributed by atoms with van der Waals surface area (Å²) in [5.74, 6) is 1.38. The summed E-state index contributed by atoms with van der Waals surface area (Å²) in [6.07, 6.45) is 3.73. The first kappa shape index (κ1) is 28.9. The van der Waals surface area contributed by atoms with Crippen LogP contribution in [0.5, 0.6) is 0 Å². The lowest BCUT2D eigenvalue weighted by Crippen LogP contribution is -2.41. The van der Waals surface area contributed by atoms with E-state index in [1.807, 2.05) is 59.2 Å². The van der Waals surface area contributed by atoms with Gasteiger partial charge in [0.05, 0.1) is 18.8 Å². The maximum absolute atomic E-state index is 14.0. The van der Waals surface area contributed by atoms with Crippen molar-refractivity contribution in [1.82, 2.24) is 39.3 Å². The largest absolute Gasteiger partial charge is 0.383 e. The molecule has 3 aromatic carbocycles. The minimum Gasteiger partial charge on any atom is -0.383 e. The summed E-state index contributed by atoms with van der Waals surface area (Å²) >= 11 is 0. The lowest BCUT2D eigenvalue weighted by molar-refractivity contribution is 0.184. The summed E-state index contributed by atoms with van der Waals surface area (Å²) in [7, 11) is 1.56. The number of aryl methyl sites for hydroxylation is 1. The van der Waals surface area contributed by atoms with E-state index in [2.05, 4.69) is 51.8 Å². The summed E-state index contributed by atoms with van der Waals surface area (Å²) in [6.45, 7) is 2.96. The van der Waals surface area contributed by atoms with Crippen LogP contribution in [-0.2, 0) is 24.2 Å². The SMILES string of the molecule is CCCCCc1nc2c(c(=O)n(CCOC)c(=O)n2-c2ccccc2)n1Cc1ccc(-c2ccccc2-c2nnn[nH]2)cc1. The first-order chi connectivity index (χ1) is 21.6. The van der Waals surface area contributed by atoms with Crippen LogP contribution in [-0.4, -0.2) is 53.0 Å². The van der Waals surface area contributed by atoms with Crippen LogP contribution in [0, 0.1) is 0 Å². The molecule has 0 spiro atoms. The van der Waals surface area contributed by atoms with E-state index in [0.29, 0.717) is 35.6 Å². The molecule has 11 heteroatoms. The Bertz CT molecular complexity index is 1970.